The number of amides is 4. The summed E-state index contributed by atoms with van der Waals surface area (Å²) in [6.07, 6.45) is 5.17. The Morgan fingerprint density at radius 1 is 1.19 bits per heavy atom. The lowest BCUT2D eigenvalue weighted by Gasteiger charge is -2.28. The van der Waals surface area contributed by atoms with Crippen LogP contribution in [0.1, 0.15) is 37.7 Å². The predicted octanol–water partition coefficient (Wildman–Crippen LogP) is 2.02. The highest BCUT2D eigenvalue weighted by Gasteiger charge is 2.34. The van der Waals surface area contributed by atoms with Crippen LogP contribution in [0.5, 0.6) is 0 Å². The number of halogens is 1. The Morgan fingerprint density at radius 3 is 2.59 bits per heavy atom. The molecule has 3 aliphatic rings. The minimum atomic E-state index is -0.370. The van der Waals surface area contributed by atoms with Crippen molar-refractivity contribution in [3.05, 3.63) is 29.8 Å². The van der Waals surface area contributed by atoms with Crippen LogP contribution < -0.4 is 16.0 Å². The lowest BCUT2D eigenvalue weighted by molar-refractivity contribution is -0.125. The Morgan fingerprint density at radius 2 is 1.93 bits per heavy atom. The van der Waals surface area contributed by atoms with E-state index in [-0.39, 0.29) is 43.3 Å². The van der Waals surface area contributed by atoms with E-state index in [0.717, 1.165) is 18.4 Å². The molecule has 3 fully saturated rings. The van der Waals surface area contributed by atoms with Gasteiger partial charge in [0.1, 0.15) is 0 Å². The van der Waals surface area contributed by atoms with Gasteiger partial charge in [-0.3, -0.25) is 14.5 Å². The lowest BCUT2D eigenvalue weighted by Crippen LogP contribution is -2.39. The van der Waals surface area contributed by atoms with Crippen molar-refractivity contribution in [2.24, 2.45) is 5.92 Å². The molecule has 8 heteroatoms. The lowest BCUT2D eigenvalue weighted by atomic mass is 9.89. The molecule has 2 bridgehead atoms. The van der Waals surface area contributed by atoms with Crippen molar-refractivity contribution in [3.63, 3.8) is 0 Å². The van der Waals surface area contributed by atoms with Crippen molar-refractivity contribution in [3.8, 4) is 0 Å². The van der Waals surface area contributed by atoms with Crippen LogP contribution in [-0.4, -0.2) is 41.4 Å². The van der Waals surface area contributed by atoms with Gasteiger partial charge >= 0.3 is 6.03 Å². The van der Waals surface area contributed by atoms with Crippen molar-refractivity contribution in [2.75, 3.05) is 11.9 Å². The number of imide groups is 1. The molecule has 0 saturated carbocycles. The molecule has 4 amide bonds. The summed E-state index contributed by atoms with van der Waals surface area (Å²) in [5, 5.41) is 9.07. The minimum absolute atomic E-state index is 0. The van der Waals surface area contributed by atoms with E-state index < -0.39 is 0 Å². The van der Waals surface area contributed by atoms with Crippen LogP contribution in [0.3, 0.4) is 0 Å². The maximum atomic E-state index is 12.4. The summed E-state index contributed by atoms with van der Waals surface area (Å²) < 4.78 is 0. The number of carbonyl (C=O) groups is 3. The Hall–Kier alpha value is -2.12. The number of hydrogen-bond acceptors (Lipinski definition) is 4. The highest BCUT2D eigenvalue weighted by molar-refractivity contribution is 6.01. The van der Waals surface area contributed by atoms with Crippen molar-refractivity contribution in [1.82, 2.24) is 15.5 Å². The number of nitrogens with zero attached hydrogens (tertiary/aromatic N) is 1. The topological polar surface area (TPSA) is 90.5 Å². The normalized spacial score (nSPS) is 26.5. The summed E-state index contributed by atoms with van der Waals surface area (Å²) >= 11 is 0. The van der Waals surface area contributed by atoms with Crippen LogP contribution in [0.4, 0.5) is 10.5 Å². The van der Waals surface area contributed by atoms with E-state index in [1.165, 1.54) is 17.7 Å². The smallest absolute Gasteiger partial charge is 0.324 e. The van der Waals surface area contributed by atoms with Gasteiger partial charge in [-0.1, -0.05) is 12.1 Å². The highest BCUT2D eigenvalue weighted by Crippen LogP contribution is 2.32. The summed E-state index contributed by atoms with van der Waals surface area (Å²) in [6.45, 7) is 0.263. The van der Waals surface area contributed by atoms with E-state index in [1.54, 1.807) is 0 Å². The zero-order chi connectivity index (χ0) is 18.1. The van der Waals surface area contributed by atoms with E-state index in [1.807, 2.05) is 24.3 Å². The molecular formula is C19H25ClN4O3. The van der Waals surface area contributed by atoms with Gasteiger partial charge in [-0.15, -0.1) is 12.4 Å². The highest BCUT2D eigenvalue weighted by atomic mass is 35.5. The Labute approximate surface area is 164 Å². The average Bonchev–Trinajstić information content (AvgIpc) is 3.11. The van der Waals surface area contributed by atoms with Gasteiger partial charge in [0.25, 0.3) is 0 Å². The van der Waals surface area contributed by atoms with E-state index in [2.05, 4.69) is 16.0 Å². The fraction of sp³-hybridized carbons (Fsp3) is 0.526. The van der Waals surface area contributed by atoms with Crippen molar-refractivity contribution in [1.29, 1.82) is 0 Å². The van der Waals surface area contributed by atoms with Crippen LogP contribution in [0.2, 0.25) is 0 Å². The van der Waals surface area contributed by atoms with Crippen LogP contribution in [0, 0.1) is 5.92 Å². The summed E-state index contributed by atoms with van der Waals surface area (Å²) in [7, 11) is 0. The molecular weight excluding hydrogens is 368 g/mol. The summed E-state index contributed by atoms with van der Waals surface area (Å²) in [5.41, 5.74) is 1.52. The number of hydrogen-bond donors (Lipinski definition) is 3. The molecule has 0 aliphatic carbocycles. The summed E-state index contributed by atoms with van der Waals surface area (Å²) in [6, 6.07) is 8.12. The number of urea groups is 1. The Kier molecular flexibility index (Phi) is 6.01. The van der Waals surface area contributed by atoms with Crippen LogP contribution in [0.25, 0.3) is 0 Å². The number of carbonyl (C=O) groups excluding carboxylic acids is 3. The average molecular weight is 393 g/mol. The van der Waals surface area contributed by atoms with Crippen LogP contribution in [-0.2, 0) is 16.1 Å². The first-order chi connectivity index (χ1) is 12.6. The van der Waals surface area contributed by atoms with Gasteiger partial charge in [0.15, 0.2) is 0 Å². The van der Waals surface area contributed by atoms with Gasteiger partial charge in [0.05, 0.1) is 13.1 Å². The Balaban J connectivity index is 0.00000210. The van der Waals surface area contributed by atoms with Crippen molar-refractivity contribution in [2.45, 2.75) is 50.7 Å². The van der Waals surface area contributed by atoms with Crippen molar-refractivity contribution >= 4 is 35.9 Å². The zero-order valence-corrected chi connectivity index (χ0v) is 15.9. The second-order valence-corrected chi connectivity index (χ2v) is 7.57. The number of fused-ring (bicyclic) bond motifs is 2. The van der Waals surface area contributed by atoms with E-state index in [9.17, 15) is 14.4 Å². The summed E-state index contributed by atoms with van der Waals surface area (Å²) in [4.78, 5) is 36.9. The minimum Gasteiger partial charge on any atom is -0.329 e. The maximum Gasteiger partial charge on any atom is 0.324 e. The molecule has 3 heterocycles. The standard InChI is InChI=1S/C19H24N4O3.ClH/c24-17(9-13-7-15-4-5-16(8-13)21-15)22-14-3-1-2-12(6-14)11-23-18(25)10-20-19(23)26;/h1-3,6,13,15-16,21H,4-5,7-11H2,(H,20,26)(H,22,24);1H. The molecule has 3 aliphatic heterocycles. The molecule has 4 rings (SSSR count). The predicted molar refractivity (Wildman–Crippen MR) is 104 cm³/mol. The molecule has 2 atom stereocenters. The molecule has 0 aromatic heterocycles. The molecule has 2 unspecified atom stereocenters. The molecule has 27 heavy (non-hydrogen) atoms. The molecule has 0 radical (unpaired) electrons. The van der Waals surface area contributed by atoms with Gasteiger partial charge in [-0.2, -0.15) is 0 Å². The molecule has 7 nitrogen and oxygen atoms in total. The largest absolute Gasteiger partial charge is 0.329 e. The molecule has 0 spiro atoms. The third kappa shape index (κ3) is 4.59. The first-order valence-corrected chi connectivity index (χ1v) is 9.30. The van der Waals surface area contributed by atoms with Gasteiger partial charge in [-0.05, 0) is 49.3 Å². The van der Waals surface area contributed by atoms with Gasteiger partial charge in [0.2, 0.25) is 11.8 Å². The first kappa shape index (κ1) is 19.6. The fourth-order valence-electron chi connectivity index (χ4n) is 4.36. The van der Waals surface area contributed by atoms with Crippen molar-refractivity contribution < 1.29 is 14.4 Å². The van der Waals surface area contributed by atoms with E-state index in [4.69, 9.17) is 0 Å². The summed E-state index contributed by atoms with van der Waals surface area (Å²) in [5.74, 6) is 0.247. The van der Waals surface area contributed by atoms with Gasteiger partial charge in [0, 0.05) is 24.2 Å². The number of piperidine rings is 1. The molecule has 3 saturated heterocycles. The van der Waals surface area contributed by atoms with Crippen LogP contribution in [0.15, 0.2) is 24.3 Å². The zero-order valence-electron chi connectivity index (χ0n) is 15.1. The fourth-order valence-corrected chi connectivity index (χ4v) is 4.36. The third-order valence-corrected chi connectivity index (χ3v) is 5.53. The van der Waals surface area contributed by atoms with E-state index in [0.29, 0.717) is 30.1 Å². The second kappa shape index (κ2) is 8.27. The quantitative estimate of drug-likeness (QED) is 0.668. The molecule has 146 valence electrons. The monoisotopic (exact) mass is 392 g/mol. The van der Waals surface area contributed by atoms with Gasteiger partial charge < -0.3 is 16.0 Å². The first-order valence-electron chi connectivity index (χ1n) is 9.30. The third-order valence-electron chi connectivity index (χ3n) is 5.53. The molecule has 3 N–H and O–H groups in total. The number of rotatable bonds is 5. The van der Waals surface area contributed by atoms with Crippen LogP contribution >= 0.6 is 12.4 Å². The van der Waals surface area contributed by atoms with E-state index >= 15 is 0 Å². The maximum absolute atomic E-state index is 12.4. The Bertz CT molecular complexity index is 713. The molecule has 1 aromatic carbocycles. The SMILES string of the molecule is Cl.O=C(CC1CC2CCC(C1)N2)Nc1cccc(CN2C(=O)CNC2=O)c1. The molecule has 1 aromatic rings. The van der Waals surface area contributed by atoms with Gasteiger partial charge in [-0.25, -0.2) is 4.79 Å². The number of anilines is 1. The number of nitrogens with one attached hydrogen (secondary N) is 3. The second-order valence-electron chi connectivity index (χ2n) is 7.57. The number of benzene rings is 1.